The highest BCUT2D eigenvalue weighted by atomic mass is 32.1. The Morgan fingerprint density at radius 2 is 1.72 bits per heavy atom. The number of amides is 2. The molecule has 0 radical (unpaired) electrons. The van der Waals surface area contributed by atoms with Crippen molar-refractivity contribution in [1.82, 2.24) is 9.80 Å². The molecule has 0 saturated carbocycles. The van der Waals surface area contributed by atoms with Crippen molar-refractivity contribution in [3.8, 4) is 11.5 Å². The van der Waals surface area contributed by atoms with Gasteiger partial charge in [-0.1, -0.05) is 18.2 Å². The minimum Gasteiger partial charge on any atom is -0.493 e. The van der Waals surface area contributed by atoms with Gasteiger partial charge in [-0.25, -0.2) is 4.39 Å². The third-order valence-electron chi connectivity index (χ3n) is 6.25. The predicted octanol–water partition coefficient (Wildman–Crippen LogP) is 5.35. The van der Waals surface area contributed by atoms with Crippen LogP contribution in [-0.2, 0) is 22.5 Å². The van der Waals surface area contributed by atoms with Crippen molar-refractivity contribution in [2.24, 2.45) is 0 Å². The zero-order valence-corrected chi connectivity index (χ0v) is 23.9. The zero-order chi connectivity index (χ0) is 28.2. The van der Waals surface area contributed by atoms with Gasteiger partial charge in [0.1, 0.15) is 12.4 Å². The molecule has 0 N–H and O–H groups in total. The van der Waals surface area contributed by atoms with Crippen LogP contribution in [0, 0.1) is 12.7 Å². The lowest BCUT2D eigenvalue weighted by Crippen LogP contribution is -2.44. The summed E-state index contributed by atoms with van der Waals surface area (Å²) >= 11 is 1.63. The van der Waals surface area contributed by atoms with Crippen molar-refractivity contribution in [1.29, 1.82) is 0 Å². The number of hydrogen-bond donors (Lipinski definition) is 0. The summed E-state index contributed by atoms with van der Waals surface area (Å²) in [4.78, 5) is 32.4. The minimum absolute atomic E-state index is 0.0486. The van der Waals surface area contributed by atoms with Gasteiger partial charge < -0.3 is 24.0 Å². The van der Waals surface area contributed by atoms with Gasteiger partial charge in [0, 0.05) is 36.1 Å². The molecule has 0 aliphatic rings. The van der Waals surface area contributed by atoms with Crippen LogP contribution < -0.4 is 9.47 Å². The molecule has 0 aliphatic carbocycles. The van der Waals surface area contributed by atoms with E-state index in [0.29, 0.717) is 50.6 Å². The second kappa shape index (κ2) is 15.2. The van der Waals surface area contributed by atoms with Crippen molar-refractivity contribution >= 4 is 23.2 Å². The van der Waals surface area contributed by atoms with Crippen LogP contribution >= 0.6 is 11.3 Å². The van der Waals surface area contributed by atoms with Gasteiger partial charge in [-0.15, -0.1) is 11.3 Å². The molecule has 0 saturated heterocycles. The molecule has 0 bridgehead atoms. The highest BCUT2D eigenvalue weighted by molar-refractivity contribution is 7.11. The van der Waals surface area contributed by atoms with E-state index in [9.17, 15) is 14.0 Å². The Kier molecular flexibility index (Phi) is 11.8. The summed E-state index contributed by atoms with van der Waals surface area (Å²) < 4.78 is 30.7. The molecule has 2 aromatic carbocycles. The van der Waals surface area contributed by atoms with E-state index in [0.717, 1.165) is 15.3 Å². The molecule has 1 aromatic heterocycles. The Morgan fingerprint density at radius 3 is 2.38 bits per heavy atom. The molecule has 9 heteroatoms. The number of nitrogens with zero attached hydrogens (tertiary/aromatic N) is 2. The molecule has 39 heavy (non-hydrogen) atoms. The maximum absolute atomic E-state index is 14.5. The summed E-state index contributed by atoms with van der Waals surface area (Å²) in [5.74, 6) is -0.0631. The molecule has 3 rings (SSSR count). The average Bonchev–Trinajstić information content (AvgIpc) is 3.36. The van der Waals surface area contributed by atoms with E-state index in [1.165, 1.54) is 23.1 Å². The normalized spacial score (nSPS) is 10.8. The summed E-state index contributed by atoms with van der Waals surface area (Å²) in [7, 11) is 3.17. The molecule has 2 amide bonds. The lowest BCUT2D eigenvalue weighted by atomic mass is 10.1. The number of carbonyl (C=O) groups is 2. The summed E-state index contributed by atoms with van der Waals surface area (Å²) in [5, 5.41) is 0. The summed E-state index contributed by atoms with van der Waals surface area (Å²) in [6.45, 7) is 5.91. The van der Waals surface area contributed by atoms with E-state index < -0.39 is 11.7 Å². The lowest BCUT2D eigenvalue weighted by molar-refractivity contribution is -0.132. The fraction of sp³-hybridized carbons (Fsp3) is 0.400. The van der Waals surface area contributed by atoms with Gasteiger partial charge in [0.15, 0.2) is 11.5 Å². The number of rotatable bonds is 15. The van der Waals surface area contributed by atoms with Crippen LogP contribution in [0.3, 0.4) is 0 Å². The van der Waals surface area contributed by atoms with Crippen LogP contribution in [0.2, 0.25) is 0 Å². The second-order valence-electron chi connectivity index (χ2n) is 9.02. The first-order valence-corrected chi connectivity index (χ1v) is 13.8. The number of halogens is 1. The summed E-state index contributed by atoms with van der Waals surface area (Å²) in [6.07, 6.45) is 1.12. The molecule has 0 spiro atoms. The molecule has 3 aromatic rings. The number of benzene rings is 2. The minimum atomic E-state index is -0.607. The van der Waals surface area contributed by atoms with Gasteiger partial charge in [0.05, 0.1) is 26.3 Å². The standard InChI is InChI=1S/C30H37FN2O5S/c1-5-38-18-8-16-33(30(35)25-9-6-7-10-26(25)31)21-29(34)32(20-24-13-11-22(2)39-24)17-15-23-12-14-27(36-3)28(19-23)37-4/h6-7,9-14,19H,5,8,15-18,20-21H2,1-4H3. The maximum atomic E-state index is 14.5. The number of hydrogen-bond acceptors (Lipinski definition) is 6. The fourth-order valence-electron chi connectivity index (χ4n) is 4.17. The molecule has 1 heterocycles. The van der Waals surface area contributed by atoms with Crippen molar-refractivity contribution in [2.75, 3.05) is 47.1 Å². The molecule has 0 fully saturated rings. The van der Waals surface area contributed by atoms with Crippen LogP contribution in [0.15, 0.2) is 54.6 Å². The Morgan fingerprint density at radius 1 is 0.949 bits per heavy atom. The van der Waals surface area contributed by atoms with E-state index in [-0.39, 0.29) is 24.6 Å². The van der Waals surface area contributed by atoms with Crippen molar-refractivity contribution < 1.29 is 28.2 Å². The van der Waals surface area contributed by atoms with Crippen LogP contribution in [0.1, 0.15) is 39.0 Å². The Hall–Kier alpha value is -3.43. The smallest absolute Gasteiger partial charge is 0.257 e. The molecule has 0 unspecified atom stereocenters. The monoisotopic (exact) mass is 556 g/mol. The molecule has 7 nitrogen and oxygen atoms in total. The predicted molar refractivity (Wildman–Crippen MR) is 151 cm³/mol. The van der Waals surface area contributed by atoms with E-state index in [1.54, 1.807) is 36.5 Å². The van der Waals surface area contributed by atoms with Crippen LogP contribution in [-0.4, -0.2) is 68.7 Å². The van der Waals surface area contributed by atoms with E-state index in [1.807, 2.05) is 44.2 Å². The highest BCUT2D eigenvalue weighted by Crippen LogP contribution is 2.28. The third kappa shape index (κ3) is 8.80. The zero-order valence-electron chi connectivity index (χ0n) is 23.1. The van der Waals surface area contributed by atoms with Gasteiger partial charge in [0.2, 0.25) is 5.91 Å². The average molecular weight is 557 g/mol. The molecule has 0 aliphatic heterocycles. The van der Waals surface area contributed by atoms with Crippen LogP contribution in [0.5, 0.6) is 11.5 Å². The Bertz CT molecular complexity index is 1230. The van der Waals surface area contributed by atoms with Crippen molar-refractivity contribution in [2.45, 2.75) is 33.2 Å². The van der Waals surface area contributed by atoms with Gasteiger partial charge in [0.25, 0.3) is 5.91 Å². The van der Waals surface area contributed by atoms with Crippen molar-refractivity contribution in [3.63, 3.8) is 0 Å². The summed E-state index contributed by atoms with van der Waals surface area (Å²) in [6, 6.07) is 15.6. The molecule has 0 atom stereocenters. The van der Waals surface area contributed by atoms with Crippen molar-refractivity contribution in [3.05, 3.63) is 81.3 Å². The number of thiophene rings is 1. The molecule has 210 valence electrons. The van der Waals surface area contributed by atoms with Gasteiger partial charge in [-0.05, 0) is 68.7 Å². The molecular weight excluding hydrogens is 519 g/mol. The number of aryl methyl sites for hydroxylation is 1. The van der Waals surface area contributed by atoms with E-state index in [4.69, 9.17) is 14.2 Å². The number of carbonyl (C=O) groups excluding carboxylic acids is 2. The first kappa shape index (κ1) is 30.1. The Labute approximate surface area is 234 Å². The van der Waals surface area contributed by atoms with E-state index in [2.05, 4.69) is 0 Å². The number of ether oxygens (including phenoxy) is 3. The van der Waals surface area contributed by atoms with Crippen LogP contribution in [0.4, 0.5) is 4.39 Å². The highest BCUT2D eigenvalue weighted by Gasteiger charge is 2.24. The molecular formula is C30H37FN2O5S. The van der Waals surface area contributed by atoms with Gasteiger partial charge in [-0.3, -0.25) is 9.59 Å². The fourth-order valence-corrected chi connectivity index (χ4v) is 5.08. The lowest BCUT2D eigenvalue weighted by Gasteiger charge is -2.28. The third-order valence-corrected chi connectivity index (χ3v) is 7.24. The largest absolute Gasteiger partial charge is 0.493 e. The van der Waals surface area contributed by atoms with Crippen LogP contribution in [0.25, 0.3) is 0 Å². The number of methoxy groups -OCH3 is 2. The summed E-state index contributed by atoms with van der Waals surface area (Å²) in [5.41, 5.74) is 0.941. The van der Waals surface area contributed by atoms with Gasteiger partial charge >= 0.3 is 0 Å². The topological polar surface area (TPSA) is 68.3 Å². The van der Waals surface area contributed by atoms with E-state index >= 15 is 0 Å². The van der Waals surface area contributed by atoms with Gasteiger partial charge in [-0.2, -0.15) is 0 Å². The Balaban J connectivity index is 1.80. The second-order valence-corrected chi connectivity index (χ2v) is 10.4. The first-order chi connectivity index (χ1) is 18.9. The SMILES string of the molecule is CCOCCCN(CC(=O)N(CCc1ccc(OC)c(OC)c1)Cc1ccc(C)s1)C(=O)c1ccccc1F. The quantitative estimate of drug-likeness (QED) is 0.236. The first-order valence-electron chi connectivity index (χ1n) is 13.0. The maximum Gasteiger partial charge on any atom is 0.257 e.